The number of hydrogen-bond acceptors (Lipinski definition) is 1. The molecule has 0 atom stereocenters. The lowest BCUT2D eigenvalue weighted by Crippen LogP contribution is -1.52. The van der Waals surface area contributed by atoms with Gasteiger partial charge in [0.25, 0.3) is 0 Å². The minimum atomic E-state index is 0. The molecule has 0 saturated heterocycles. The van der Waals surface area contributed by atoms with E-state index in [1.165, 1.54) is 12.5 Å². The van der Waals surface area contributed by atoms with Crippen LogP contribution in [0.4, 0.5) is 0 Å². The summed E-state index contributed by atoms with van der Waals surface area (Å²) in [5.41, 5.74) is 0. The molecule has 0 aliphatic heterocycles. The molecule has 0 heterocycles. The fourth-order valence-electron chi connectivity index (χ4n) is 0.0680. The van der Waals surface area contributed by atoms with Gasteiger partial charge in [0.1, 0.15) is 0 Å². The summed E-state index contributed by atoms with van der Waals surface area (Å²) in [7, 11) is 0. The van der Waals surface area contributed by atoms with Gasteiger partial charge in [0.2, 0.25) is 0 Å². The van der Waals surface area contributed by atoms with E-state index in [4.69, 9.17) is 0 Å². The van der Waals surface area contributed by atoms with Crippen LogP contribution in [0.1, 0.15) is 0 Å². The highest BCUT2D eigenvalue weighted by atomic mass is 16.5. The molecule has 0 N–H and O–H groups in total. The minimum Gasteiger partial charge on any atom is -0.474 e. The van der Waals surface area contributed by atoms with Crippen LogP contribution >= 0.6 is 0 Å². The molecule has 0 amide bonds. The first-order valence-electron chi connectivity index (χ1n) is 1.29. The molecule has 33 valence electrons. The molecular weight excluding hydrogens is 76.1 g/mol. The van der Waals surface area contributed by atoms with Crippen molar-refractivity contribution in [1.82, 2.24) is 0 Å². The molecule has 3 radical (unpaired) electrons. The Morgan fingerprint density at radius 3 is 1.50 bits per heavy atom. The van der Waals surface area contributed by atoms with Crippen molar-refractivity contribution in [3.63, 3.8) is 0 Å². The van der Waals surface area contributed by atoms with E-state index in [1.54, 1.807) is 0 Å². The van der Waals surface area contributed by atoms with Crippen molar-refractivity contribution in [2.24, 2.45) is 0 Å². The van der Waals surface area contributed by atoms with Gasteiger partial charge >= 0.3 is 0 Å². The van der Waals surface area contributed by atoms with Crippen molar-refractivity contribution in [1.29, 1.82) is 0 Å². The summed E-state index contributed by atoms with van der Waals surface area (Å²) in [5.74, 6) is 0. The van der Waals surface area contributed by atoms with Crippen LogP contribution in [-0.4, -0.2) is 0 Å². The number of rotatable bonds is 2. The van der Waals surface area contributed by atoms with Crippen molar-refractivity contribution < 1.29 is 4.74 Å². The third-order valence-corrected chi connectivity index (χ3v) is 0.192. The fraction of sp³-hybridized carbons (Fsp3) is 0. The molecule has 0 rings (SSSR count). The molecule has 0 fully saturated rings. The van der Waals surface area contributed by atoms with Gasteiger partial charge in [0.15, 0.2) is 0 Å². The topological polar surface area (TPSA) is 9.23 Å². The zero-order valence-corrected chi connectivity index (χ0v) is 3.55. The molecule has 0 aromatic heterocycles. The summed E-state index contributed by atoms with van der Waals surface area (Å²) in [6, 6.07) is 0. The highest BCUT2D eigenvalue weighted by Crippen LogP contribution is 1.65. The van der Waals surface area contributed by atoms with E-state index in [-0.39, 0.29) is 7.43 Å². The highest BCUT2D eigenvalue weighted by molar-refractivity contribution is 4.57. The van der Waals surface area contributed by atoms with E-state index < -0.39 is 0 Å². The molecule has 1 heteroatoms. The average molecular weight is 83.1 g/mol. The lowest BCUT2D eigenvalue weighted by Gasteiger charge is -1.76. The van der Waals surface area contributed by atoms with Gasteiger partial charge in [0, 0.05) is 0 Å². The van der Waals surface area contributed by atoms with Crippen LogP contribution < -0.4 is 0 Å². The van der Waals surface area contributed by atoms with Crippen LogP contribution in [0.2, 0.25) is 0 Å². The molecular formula is C5H7O. The predicted octanol–water partition coefficient (Wildman–Crippen LogP) is 1.49. The predicted molar refractivity (Wildman–Crippen MR) is 25.8 cm³/mol. The molecule has 0 aliphatic rings. The van der Waals surface area contributed by atoms with Crippen molar-refractivity contribution in [2.45, 2.75) is 0 Å². The lowest BCUT2D eigenvalue weighted by molar-refractivity contribution is 0.406. The van der Waals surface area contributed by atoms with Gasteiger partial charge in [-0.3, -0.25) is 0 Å². The van der Waals surface area contributed by atoms with Gasteiger partial charge in [-0.1, -0.05) is 13.2 Å². The van der Waals surface area contributed by atoms with Crippen molar-refractivity contribution in [3.05, 3.63) is 33.1 Å². The van der Waals surface area contributed by atoms with Crippen LogP contribution in [-0.2, 0) is 4.74 Å². The molecule has 0 aromatic carbocycles. The zero-order chi connectivity index (χ0) is 4.12. The maximum Gasteiger partial charge on any atom is 0.0829 e. The SMILES string of the molecule is C=COC=C.[CH]. The Hall–Kier alpha value is -0.720. The third-order valence-electron chi connectivity index (χ3n) is 0.192. The van der Waals surface area contributed by atoms with E-state index in [0.717, 1.165) is 0 Å². The Kier molecular flexibility index (Phi) is 13.3. The maximum absolute atomic E-state index is 4.36. The monoisotopic (exact) mass is 83.0 g/mol. The Balaban J connectivity index is 0. The molecule has 0 bridgehead atoms. The summed E-state index contributed by atoms with van der Waals surface area (Å²) in [5, 5.41) is 0. The van der Waals surface area contributed by atoms with Crippen LogP contribution in [0, 0.1) is 7.43 Å². The minimum absolute atomic E-state index is 0. The molecule has 0 unspecified atom stereocenters. The van der Waals surface area contributed by atoms with Crippen LogP contribution in [0.25, 0.3) is 0 Å². The smallest absolute Gasteiger partial charge is 0.0829 e. The van der Waals surface area contributed by atoms with Crippen LogP contribution in [0.3, 0.4) is 0 Å². The van der Waals surface area contributed by atoms with Gasteiger partial charge in [-0.05, 0) is 7.43 Å². The van der Waals surface area contributed by atoms with Gasteiger partial charge in [-0.15, -0.1) is 0 Å². The van der Waals surface area contributed by atoms with E-state index in [1.807, 2.05) is 0 Å². The first-order chi connectivity index (χ1) is 2.41. The number of hydrogen-bond donors (Lipinski definition) is 0. The van der Waals surface area contributed by atoms with Gasteiger partial charge < -0.3 is 4.74 Å². The second kappa shape index (κ2) is 8.86. The van der Waals surface area contributed by atoms with E-state index in [9.17, 15) is 0 Å². The summed E-state index contributed by atoms with van der Waals surface area (Å²) < 4.78 is 4.36. The van der Waals surface area contributed by atoms with E-state index in [0.29, 0.717) is 0 Å². The Morgan fingerprint density at radius 2 is 1.50 bits per heavy atom. The molecule has 0 spiro atoms. The summed E-state index contributed by atoms with van der Waals surface area (Å²) >= 11 is 0. The Bertz CT molecular complexity index is 33.2. The largest absolute Gasteiger partial charge is 0.474 e. The summed E-state index contributed by atoms with van der Waals surface area (Å²) in [6.45, 7) is 6.51. The maximum atomic E-state index is 4.36. The molecule has 0 aliphatic carbocycles. The standard InChI is InChI=1S/C4H6O.CH/c1-3-5-4-2;/h3-4H,1-2H2;1H. The fourth-order valence-corrected chi connectivity index (χ4v) is 0.0680. The van der Waals surface area contributed by atoms with Crippen molar-refractivity contribution in [2.75, 3.05) is 0 Å². The molecule has 0 aromatic rings. The lowest BCUT2D eigenvalue weighted by atomic mass is 11.1. The second-order valence-electron chi connectivity index (χ2n) is 0.469. The first-order valence-corrected chi connectivity index (χ1v) is 1.29. The van der Waals surface area contributed by atoms with Crippen molar-refractivity contribution in [3.8, 4) is 0 Å². The number of ether oxygens (including phenoxy) is 1. The van der Waals surface area contributed by atoms with Gasteiger partial charge in [-0.2, -0.15) is 0 Å². The molecule has 6 heavy (non-hydrogen) atoms. The zero-order valence-electron chi connectivity index (χ0n) is 3.55. The Labute approximate surface area is 38.9 Å². The molecule has 1 nitrogen and oxygen atoms in total. The average Bonchev–Trinajstić information content (AvgIpc) is 1.41. The van der Waals surface area contributed by atoms with Gasteiger partial charge in [-0.25, -0.2) is 0 Å². The second-order valence-corrected chi connectivity index (χ2v) is 0.469. The normalized spacial score (nSPS) is 4.67. The van der Waals surface area contributed by atoms with Crippen molar-refractivity contribution >= 4 is 0 Å². The summed E-state index contributed by atoms with van der Waals surface area (Å²) in [4.78, 5) is 0. The molecule has 0 saturated carbocycles. The van der Waals surface area contributed by atoms with Crippen LogP contribution in [0.5, 0.6) is 0 Å². The van der Waals surface area contributed by atoms with Gasteiger partial charge in [0.05, 0.1) is 12.5 Å². The quantitative estimate of drug-likeness (QED) is 0.459. The van der Waals surface area contributed by atoms with E-state index >= 15 is 0 Å². The summed E-state index contributed by atoms with van der Waals surface area (Å²) in [6.07, 6.45) is 2.62. The Morgan fingerprint density at radius 1 is 1.17 bits per heavy atom. The highest BCUT2D eigenvalue weighted by Gasteiger charge is 1.45. The first kappa shape index (κ1) is 8.99. The van der Waals surface area contributed by atoms with E-state index in [2.05, 4.69) is 17.9 Å². The van der Waals surface area contributed by atoms with Crippen LogP contribution in [0.15, 0.2) is 25.7 Å². The third kappa shape index (κ3) is 10.4.